The number of hydrogen-bond donors (Lipinski definition) is 1. The Kier molecular flexibility index (Phi) is 5.71. The Hall–Kier alpha value is -2.33. The lowest BCUT2D eigenvalue weighted by molar-refractivity contribution is -0.121. The highest BCUT2D eigenvalue weighted by Crippen LogP contribution is 2.39. The van der Waals surface area contributed by atoms with Crippen molar-refractivity contribution in [1.29, 1.82) is 0 Å². The number of hydrogen-bond acceptors (Lipinski definition) is 3. The van der Waals surface area contributed by atoms with Crippen LogP contribution < -0.4 is 10.1 Å². The highest BCUT2D eigenvalue weighted by Gasteiger charge is 2.37. The molecule has 0 aliphatic carbocycles. The fraction of sp³-hybridized carbons (Fsp3) is 0.381. The van der Waals surface area contributed by atoms with E-state index in [1.165, 1.54) is 0 Å². The predicted molar refractivity (Wildman–Crippen MR) is 97.9 cm³/mol. The molecule has 2 aromatic carbocycles. The molecule has 1 aliphatic heterocycles. The van der Waals surface area contributed by atoms with Crippen molar-refractivity contribution in [1.82, 2.24) is 5.32 Å². The number of carbonyl (C=O) groups is 1. The highest BCUT2D eigenvalue weighted by molar-refractivity contribution is 5.78. The van der Waals surface area contributed by atoms with Gasteiger partial charge in [0.25, 0.3) is 0 Å². The van der Waals surface area contributed by atoms with Gasteiger partial charge < -0.3 is 14.8 Å². The van der Waals surface area contributed by atoms with Gasteiger partial charge in [-0.15, -0.1) is 0 Å². The summed E-state index contributed by atoms with van der Waals surface area (Å²) in [4.78, 5) is 12.4. The van der Waals surface area contributed by atoms with Gasteiger partial charge in [0.1, 0.15) is 5.75 Å². The topological polar surface area (TPSA) is 47.6 Å². The summed E-state index contributed by atoms with van der Waals surface area (Å²) in [7, 11) is 1.69. The van der Waals surface area contributed by atoms with Crippen LogP contribution in [0.15, 0.2) is 54.6 Å². The van der Waals surface area contributed by atoms with E-state index in [1.54, 1.807) is 7.11 Å². The van der Waals surface area contributed by atoms with E-state index < -0.39 is 0 Å². The molecule has 1 heterocycles. The Bertz CT molecular complexity index is 693. The average Bonchev–Trinajstić information content (AvgIpc) is 2.68. The second-order valence-corrected chi connectivity index (χ2v) is 6.53. The maximum Gasteiger partial charge on any atom is 0.224 e. The minimum absolute atomic E-state index is 0.0481. The Balaban J connectivity index is 1.74. The van der Waals surface area contributed by atoms with Crippen LogP contribution in [-0.2, 0) is 21.4 Å². The zero-order valence-corrected chi connectivity index (χ0v) is 14.7. The number of nitrogens with one attached hydrogen (secondary N) is 1. The molecule has 0 aromatic heterocycles. The monoisotopic (exact) mass is 339 g/mol. The summed E-state index contributed by atoms with van der Waals surface area (Å²) < 4.78 is 11.1. The molecule has 4 heteroatoms. The summed E-state index contributed by atoms with van der Waals surface area (Å²) in [6.45, 7) is 2.00. The predicted octanol–water partition coefficient (Wildman–Crippen LogP) is 3.10. The van der Waals surface area contributed by atoms with Crippen LogP contribution in [0.2, 0.25) is 0 Å². The molecule has 0 atom stereocenters. The van der Waals surface area contributed by atoms with Crippen molar-refractivity contribution < 1.29 is 14.3 Å². The van der Waals surface area contributed by atoms with E-state index in [9.17, 15) is 4.79 Å². The average molecular weight is 339 g/mol. The number of benzene rings is 2. The molecule has 1 aliphatic rings. The third-order valence-corrected chi connectivity index (χ3v) is 4.96. The van der Waals surface area contributed by atoms with Gasteiger partial charge in [-0.25, -0.2) is 0 Å². The standard InChI is InChI=1S/C21H25NO3/c1-24-19-10-6-5-9-18(19)21(11-13-25-14-12-21)16-22-20(23)15-17-7-3-2-4-8-17/h2-10H,11-16H2,1H3,(H,22,23). The van der Waals surface area contributed by atoms with E-state index >= 15 is 0 Å². The summed E-state index contributed by atoms with van der Waals surface area (Å²) in [5.41, 5.74) is 2.04. The van der Waals surface area contributed by atoms with Crippen LogP contribution in [0, 0.1) is 0 Å². The molecule has 1 saturated heterocycles. The van der Waals surface area contributed by atoms with Crippen molar-refractivity contribution in [3.05, 3.63) is 65.7 Å². The molecule has 3 rings (SSSR count). The lowest BCUT2D eigenvalue weighted by Gasteiger charge is -2.38. The third kappa shape index (κ3) is 4.20. The highest BCUT2D eigenvalue weighted by atomic mass is 16.5. The molecule has 0 radical (unpaired) electrons. The van der Waals surface area contributed by atoms with Gasteiger partial charge in [0.15, 0.2) is 0 Å². The minimum Gasteiger partial charge on any atom is -0.496 e. The Morgan fingerprint density at radius 1 is 1.08 bits per heavy atom. The molecule has 0 bridgehead atoms. The van der Waals surface area contributed by atoms with Crippen LogP contribution >= 0.6 is 0 Å². The number of amides is 1. The van der Waals surface area contributed by atoms with Crippen molar-refractivity contribution in [3.8, 4) is 5.75 Å². The van der Waals surface area contributed by atoms with E-state index in [0.29, 0.717) is 26.2 Å². The fourth-order valence-corrected chi connectivity index (χ4v) is 3.50. The molecule has 4 nitrogen and oxygen atoms in total. The number of para-hydroxylation sites is 1. The van der Waals surface area contributed by atoms with Crippen LogP contribution in [-0.4, -0.2) is 32.8 Å². The van der Waals surface area contributed by atoms with Crippen molar-refractivity contribution in [3.63, 3.8) is 0 Å². The summed E-state index contributed by atoms with van der Waals surface area (Å²) in [5.74, 6) is 0.925. The SMILES string of the molecule is COc1ccccc1C1(CNC(=O)Cc2ccccc2)CCOCC1. The van der Waals surface area contributed by atoms with E-state index in [2.05, 4.69) is 11.4 Å². The van der Waals surface area contributed by atoms with Crippen LogP contribution in [0.3, 0.4) is 0 Å². The zero-order valence-electron chi connectivity index (χ0n) is 14.7. The number of rotatable bonds is 6. The summed E-state index contributed by atoms with van der Waals surface area (Å²) in [5, 5.41) is 3.14. The first kappa shape index (κ1) is 17.5. The van der Waals surface area contributed by atoms with E-state index in [1.807, 2.05) is 48.5 Å². The van der Waals surface area contributed by atoms with Crippen LogP contribution in [0.5, 0.6) is 5.75 Å². The van der Waals surface area contributed by atoms with Gasteiger partial charge in [-0.1, -0.05) is 48.5 Å². The fourth-order valence-electron chi connectivity index (χ4n) is 3.50. The summed E-state index contributed by atoms with van der Waals surface area (Å²) in [6.07, 6.45) is 2.15. The molecule has 132 valence electrons. The molecular weight excluding hydrogens is 314 g/mol. The molecule has 0 saturated carbocycles. The Labute approximate surface area is 149 Å². The normalized spacial score (nSPS) is 16.2. The zero-order chi connectivity index (χ0) is 17.5. The van der Waals surface area contributed by atoms with Crippen molar-refractivity contribution >= 4 is 5.91 Å². The molecular formula is C21H25NO3. The quantitative estimate of drug-likeness (QED) is 0.880. The first-order valence-corrected chi connectivity index (χ1v) is 8.75. The molecule has 25 heavy (non-hydrogen) atoms. The maximum atomic E-state index is 12.4. The van der Waals surface area contributed by atoms with Gasteiger partial charge in [-0.3, -0.25) is 4.79 Å². The van der Waals surface area contributed by atoms with Crippen LogP contribution in [0.1, 0.15) is 24.0 Å². The van der Waals surface area contributed by atoms with Crippen molar-refractivity contribution in [2.45, 2.75) is 24.7 Å². The van der Waals surface area contributed by atoms with Gasteiger partial charge >= 0.3 is 0 Å². The second-order valence-electron chi connectivity index (χ2n) is 6.53. The van der Waals surface area contributed by atoms with Gasteiger partial charge in [0.2, 0.25) is 5.91 Å². The Morgan fingerprint density at radius 3 is 2.48 bits per heavy atom. The van der Waals surface area contributed by atoms with Crippen LogP contribution in [0.4, 0.5) is 0 Å². The van der Waals surface area contributed by atoms with Crippen LogP contribution in [0.25, 0.3) is 0 Å². The third-order valence-electron chi connectivity index (χ3n) is 4.96. The van der Waals surface area contributed by atoms with E-state index in [0.717, 1.165) is 29.7 Å². The van der Waals surface area contributed by atoms with Gasteiger partial charge in [0.05, 0.1) is 13.5 Å². The maximum absolute atomic E-state index is 12.4. The second kappa shape index (κ2) is 8.17. The first-order chi connectivity index (χ1) is 12.2. The lowest BCUT2D eigenvalue weighted by Crippen LogP contribution is -2.45. The molecule has 1 N–H and O–H groups in total. The van der Waals surface area contributed by atoms with Crippen molar-refractivity contribution in [2.75, 3.05) is 26.9 Å². The molecule has 0 unspecified atom stereocenters. The Morgan fingerprint density at radius 2 is 1.76 bits per heavy atom. The summed E-state index contributed by atoms with van der Waals surface area (Å²) >= 11 is 0. The largest absolute Gasteiger partial charge is 0.496 e. The number of carbonyl (C=O) groups excluding carboxylic acids is 1. The smallest absolute Gasteiger partial charge is 0.224 e. The molecule has 1 fully saturated rings. The molecule has 1 amide bonds. The van der Waals surface area contributed by atoms with E-state index in [-0.39, 0.29) is 11.3 Å². The van der Waals surface area contributed by atoms with Crippen molar-refractivity contribution in [2.24, 2.45) is 0 Å². The number of ether oxygens (including phenoxy) is 2. The van der Waals surface area contributed by atoms with Gasteiger partial charge in [0, 0.05) is 30.7 Å². The van der Waals surface area contributed by atoms with E-state index in [4.69, 9.17) is 9.47 Å². The molecule has 0 spiro atoms. The first-order valence-electron chi connectivity index (χ1n) is 8.75. The van der Waals surface area contributed by atoms with Gasteiger partial charge in [-0.05, 0) is 24.5 Å². The minimum atomic E-state index is -0.142. The number of methoxy groups -OCH3 is 1. The van der Waals surface area contributed by atoms with Gasteiger partial charge in [-0.2, -0.15) is 0 Å². The molecule has 2 aromatic rings. The lowest BCUT2D eigenvalue weighted by atomic mass is 9.73. The summed E-state index contributed by atoms with van der Waals surface area (Å²) in [6, 6.07) is 17.9.